The first-order valence-electron chi connectivity index (χ1n) is 7.63. The smallest absolute Gasteiger partial charge is 0.226 e. The van der Waals surface area contributed by atoms with Crippen molar-refractivity contribution in [1.29, 1.82) is 0 Å². The molecule has 0 atom stereocenters. The standard InChI is InChI=1S/C14H26N4O/c1-2-3-4-5-6-7-14-16-13(17-19-14)12-18-10-8-15-9-11-18/h15H,2-12H2,1H3. The van der Waals surface area contributed by atoms with Crippen LogP contribution in [0.15, 0.2) is 4.52 Å². The van der Waals surface area contributed by atoms with E-state index in [1.165, 1.54) is 25.7 Å². The molecule has 19 heavy (non-hydrogen) atoms. The minimum atomic E-state index is 0.807. The summed E-state index contributed by atoms with van der Waals surface area (Å²) >= 11 is 0. The van der Waals surface area contributed by atoms with Crippen LogP contribution in [0.3, 0.4) is 0 Å². The van der Waals surface area contributed by atoms with Crippen LogP contribution in [0.5, 0.6) is 0 Å². The van der Waals surface area contributed by atoms with Gasteiger partial charge in [0.2, 0.25) is 5.89 Å². The van der Waals surface area contributed by atoms with Crippen LogP contribution in [0.4, 0.5) is 0 Å². The molecule has 1 aromatic rings. The summed E-state index contributed by atoms with van der Waals surface area (Å²) < 4.78 is 5.31. The van der Waals surface area contributed by atoms with Crippen LogP contribution in [0.2, 0.25) is 0 Å². The second-order valence-corrected chi connectivity index (χ2v) is 5.29. The highest BCUT2D eigenvalue weighted by atomic mass is 16.5. The third-order valence-electron chi connectivity index (χ3n) is 3.58. The zero-order valence-electron chi connectivity index (χ0n) is 12.0. The van der Waals surface area contributed by atoms with Crippen molar-refractivity contribution in [1.82, 2.24) is 20.4 Å². The summed E-state index contributed by atoms with van der Waals surface area (Å²) in [6.07, 6.45) is 7.29. The molecule has 0 unspecified atom stereocenters. The molecule has 0 amide bonds. The molecule has 108 valence electrons. The van der Waals surface area contributed by atoms with Crippen LogP contribution >= 0.6 is 0 Å². The van der Waals surface area contributed by atoms with Crippen molar-refractivity contribution in [3.05, 3.63) is 11.7 Å². The van der Waals surface area contributed by atoms with E-state index in [-0.39, 0.29) is 0 Å². The first kappa shape index (κ1) is 14.5. The minimum Gasteiger partial charge on any atom is -0.339 e. The van der Waals surface area contributed by atoms with E-state index in [4.69, 9.17) is 4.52 Å². The lowest BCUT2D eigenvalue weighted by Crippen LogP contribution is -2.43. The number of rotatable bonds is 8. The molecular weight excluding hydrogens is 240 g/mol. The first-order valence-corrected chi connectivity index (χ1v) is 7.63. The Morgan fingerprint density at radius 2 is 1.95 bits per heavy atom. The lowest BCUT2D eigenvalue weighted by atomic mass is 10.1. The van der Waals surface area contributed by atoms with E-state index in [1.807, 2.05) is 0 Å². The van der Waals surface area contributed by atoms with E-state index in [2.05, 4.69) is 27.3 Å². The molecule has 1 aromatic heterocycles. The molecule has 0 radical (unpaired) electrons. The van der Waals surface area contributed by atoms with E-state index in [9.17, 15) is 0 Å². The molecule has 2 rings (SSSR count). The van der Waals surface area contributed by atoms with Crippen molar-refractivity contribution >= 4 is 0 Å². The van der Waals surface area contributed by atoms with Crippen LogP contribution < -0.4 is 5.32 Å². The minimum absolute atomic E-state index is 0.807. The molecule has 0 bridgehead atoms. The predicted octanol–water partition coefficient (Wildman–Crippen LogP) is 1.99. The van der Waals surface area contributed by atoms with E-state index in [1.54, 1.807) is 0 Å². The van der Waals surface area contributed by atoms with E-state index in [0.29, 0.717) is 0 Å². The molecule has 0 aromatic carbocycles. The molecule has 1 fully saturated rings. The average molecular weight is 266 g/mol. The molecule has 1 saturated heterocycles. The Bertz CT molecular complexity index is 347. The Morgan fingerprint density at radius 1 is 1.16 bits per heavy atom. The fraction of sp³-hybridized carbons (Fsp3) is 0.857. The predicted molar refractivity (Wildman–Crippen MR) is 74.9 cm³/mol. The van der Waals surface area contributed by atoms with Gasteiger partial charge in [0.25, 0.3) is 0 Å². The van der Waals surface area contributed by atoms with E-state index >= 15 is 0 Å². The van der Waals surface area contributed by atoms with Gasteiger partial charge in [0.1, 0.15) is 0 Å². The number of nitrogens with one attached hydrogen (secondary N) is 1. The molecule has 1 aliphatic heterocycles. The largest absolute Gasteiger partial charge is 0.339 e. The number of piperazine rings is 1. The van der Waals surface area contributed by atoms with E-state index < -0.39 is 0 Å². The number of hydrogen-bond acceptors (Lipinski definition) is 5. The Morgan fingerprint density at radius 3 is 2.74 bits per heavy atom. The van der Waals surface area contributed by atoms with Gasteiger partial charge >= 0.3 is 0 Å². The molecule has 1 N–H and O–H groups in total. The fourth-order valence-electron chi connectivity index (χ4n) is 2.40. The van der Waals surface area contributed by atoms with Crippen molar-refractivity contribution in [2.45, 2.75) is 52.0 Å². The van der Waals surface area contributed by atoms with Gasteiger partial charge in [-0.1, -0.05) is 37.8 Å². The van der Waals surface area contributed by atoms with Crippen LogP contribution in [-0.2, 0) is 13.0 Å². The van der Waals surface area contributed by atoms with Crippen molar-refractivity contribution in [2.24, 2.45) is 0 Å². The molecule has 5 heteroatoms. The van der Waals surface area contributed by atoms with Crippen molar-refractivity contribution in [3.8, 4) is 0 Å². The highest BCUT2D eigenvalue weighted by Gasteiger charge is 2.13. The molecule has 0 spiro atoms. The average Bonchev–Trinajstić information content (AvgIpc) is 2.87. The lowest BCUT2D eigenvalue weighted by molar-refractivity contribution is 0.224. The monoisotopic (exact) mass is 266 g/mol. The van der Waals surface area contributed by atoms with Gasteiger partial charge in [-0.15, -0.1) is 0 Å². The number of aromatic nitrogens is 2. The van der Waals surface area contributed by atoms with Crippen LogP contribution in [-0.4, -0.2) is 41.2 Å². The zero-order valence-corrected chi connectivity index (χ0v) is 12.0. The molecular formula is C14H26N4O. The maximum Gasteiger partial charge on any atom is 0.226 e. The normalized spacial score (nSPS) is 16.9. The number of hydrogen-bond donors (Lipinski definition) is 1. The summed E-state index contributed by atoms with van der Waals surface area (Å²) in [5.41, 5.74) is 0. The third kappa shape index (κ3) is 5.28. The van der Waals surface area contributed by atoms with Gasteiger partial charge < -0.3 is 9.84 Å². The van der Waals surface area contributed by atoms with Crippen LogP contribution in [0, 0.1) is 0 Å². The fourth-order valence-corrected chi connectivity index (χ4v) is 2.40. The number of nitrogens with zero attached hydrogens (tertiary/aromatic N) is 3. The van der Waals surface area contributed by atoms with Crippen molar-refractivity contribution in [2.75, 3.05) is 26.2 Å². The summed E-state index contributed by atoms with van der Waals surface area (Å²) in [7, 11) is 0. The zero-order chi connectivity index (χ0) is 13.3. The van der Waals surface area contributed by atoms with Crippen molar-refractivity contribution < 1.29 is 4.52 Å². The molecule has 1 aliphatic rings. The molecule has 2 heterocycles. The van der Waals surface area contributed by atoms with Crippen molar-refractivity contribution in [3.63, 3.8) is 0 Å². The highest BCUT2D eigenvalue weighted by Crippen LogP contribution is 2.08. The highest BCUT2D eigenvalue weighted by molar-refractivity contribution is 4.87. The molecule has 0 saturated carbocycles. The Balaban J connectivity index is 1.66. The summed E-state index contributed by atoms with van der Waals surface area (Å²) in [6.45, 7) is 7.31. The van der Waals surface area contributed by atoms with E-state index in [0.717, 1.165) is 57.3 Å². The Hall–Kier alpha value is -0.940. The molecule has 0 aliphatic carbocycles. The third-order valence-corrected chi connectivity index (χ3v) is 3.58. The van der Waals surface area contributed by atoms with Gasteiger partial charge in [-0.3, -0.25) is 4.90 Å². The summed E-state index contributed by atoms with van der Waals surface area (Å²) in [4.78, 5) is 6.85. The van der Waals surface area contributed by atoms with Gasteiger partial charge in [-0.25, -0.2) is 0 Å². The Kier molecular flexibility index (Phi) is 6.30. The number of aryl methyl sites for hydroxylation is 1. The SMILES string of the molecule is CCCCCCCc1nc(CN2CCNCC2)no1. The summed E-state index contributed by atoms with van der Waals surface area (Å²) in [6, 6.07) is 0. The summed E-state index contributed by atoms with van der Waals surface area (Å²) in [5, 5.41) is 7.42. The first-order chi connectivity index (χ1) is 9.38. The van der Waals surface area contributed by atoms with Crippen LogP contribution in [0.1, 0.15) is 50.7 Å². The van der Waals surface area contributed by atoms with Gasteiger partial charge in [0.15, 0.2) is 5.82 Å². The quantitative estimate of drug-likeness (QED) is 0.729. The maximum absolute atomic E-state index is 5.31. The maximum atomic E-state index is 5.31. The second kappa shape index (κ2) is 8.27. The topological polar surface area (TPSA) is 54.2 Å². The summed E-state index contributed by atoms with van der Waals surface area (Å²) in [5.74, 6) is 1.65. The molecule has 5 nitrogen and oxygen atoms in total. The number of unbranched alkanes of at least 4 members (excludes halogenated alkanes) is 4. The second-order valence-electron chi connectivity index (χ2n) is 5.29. The van der Waals surface area contributed by atoms with Gasteiger partial charge in [-0.05, 0) is 6.42 Å². The lowest BCUT2D eigenvalue weighted by Gasteiger charge is -2.25. The van der Waals surface area contributed by atoms with Gasteiger partial charge in [0, 0.05) is 32.6 Å². The van der Waals surface area contributed by atoms with Gasteiger partial charge in [-0.2, -0.15) is 4.98 Å². The van der Waals surface area contributed by atoms with Crippen LogP contribution in [0.25, 0.3) is 0 Å². The Labute approximate surface area is 115 Å². The van der Waals surface area contributed by atoms with Gasteiger partial charge in [0.05, 0.1) is 6.54 Å².